The first-order valence-electron chi connectivity index (χ1n) is 8.44. The van der Waals surface area contributed by atoms with Crippen LogP contribution in [0.4, 0.5) is 15.9 Å². The molecule has 6 heteroatoms. The van der Waals surface area contributed by atoms with E-state index in [-0.39, 0.29) is 18.3 Å². The number of rotatable bonds is 6. The molecule has 0 radical (unpaired) electrons. The molecular formula is C21H20FN3O2. The number of carbonyl (C=O) groups excluding carboxylic acids is 1. The van der Waals surface area contributed by atoms with Gasteiger partial charge in [0, 0.05) is 32.0 Å². The molecule has 0 saturated heterocycles. The third kappa shape index (κ3) is 4.82. The minimum absolute atomic E-state index is 0.241. The summed E-state index contributed by atoms with van der Waals surface area (Å²) in [6.07, 6.45) is 1.65. The van der Waals surface area contributed by atoms with Crippen LogP contribution in [-0.4, -0.2) is 25.0 Å². The molecule has 0 aliphatic carbocycles. The van der Waals surface area contributed by atoms with E-state index < -0.39 is 0 Å². The van der Waals surface area contributed by atoms with E-state index in [2.05, 4.69) is 10.3 Å². The zero-order valence-electron chi connectivity index (χ0n) is 15.1. The molecule has 27 heavy (non-hydrogen) atoms. The number of nitrogens with one attached hydrogen (secondary N) is 1. The fraction of sp³-hybridized carbons (Fsp3) is 0.143. The first-order valence-corrected chi connectivity index (χ1v) is 8.44. The molecule has 0 fully saturated rings. The molecule has 1 N–H and O–H groups in total. The Balaban J connectivity index is 1.70. The van der Waals surface area contributed by atoms with Crippen molar-refractivity contribution < 1.29 is 13.9 Å². The summed E-state index contributed by atoms with van der Waals surface area (Å²) < 4.78 is 18.8. The molecule has 1 heterocycles. The maximum atomic E-state index is 13.2. The molecule has 1 aromatic heterocycles. The molecule has 0 atom stereocenters. The summed E-state index contributed by atoms with van der Waals surface area (Å²) in [5, 5.41) is 2.88. The van der Waals surface area contributed by atoms with Crippen LogP contribution in [0.25, 0.3) is 0 Å². The number of pyridine rings is 1. The predicted octanol–water partition coefficient (Wildman–Crippen LogP) is 4.12. The van der Waals surface area contributed by atoms with Gasteiger partial charge in [-0.25, -0.2) is 9.37 Å². The molecule has 138 valence electrons. The van der Waals surface area contributed by atoms with E-state index in [1.165, 1.54) is 12.1 Å². The van der Waals surface area contributed by atoms with Gasteiger partial charge in [0.1, 0.15) is 24.0 Å². The maximum Gasteiger partial charge on any atom is 0.259 e. The average Bonchev–Trinajstić information content (AvgIpc) is 2.67. The summed E-state index contributed by atoms with van der Waals surface area (Å²) in [6.45, 7) is 0.267. The Labute approximate surface area is 157 Å². The Morgan fingerprint density at radius 2 is 1.93 bits per heavy atom. The lowest BCUT2D eigenvalue weighted by atomic mass is 10.2. The third-order valence-electron chi connectivity index (χ3n) is 3.84. The molecule has 0 saturated carbocycles. The van der Waals surface area contributed by atoms with Gasteiger partial charge in [0.05, 0.1) is 5.56 Å². The average molecular weight is 365 g/mol. The van der Waals surface area contributed by atoms with Crippen LogP contribution in [0.3, 0.4) is 0 Å². The normalized spacial score (nSPS) is 10.3. The van der Waals surface area contributed by atoms with Crippen molar-refractivity contribution in [1.82, 2.24) is 4.98 Å². The van der Waals surface area contributed by atoms with Gasteiger partial charge in [-0.15, -0.1) is 0 Å². The predicted molar refractivity (Wildman–Crippen MR) is 104 cm³/mol. The summed E-state index contributed by atoms with van der Waals surface area (Å²) in [7, 11) is 3.67. The number of ether oxygens (including phenoxy) is 1. The zero-order chi connectivity index (χ0) is 19.2. The van der Waals surface area contributed by atoms with Gasteiger partial charge in [-0.1, -0.05) is 18.2 Å². The van der Waals surface area contributed by atoms with E-state index in [4.69, 9.17) is 4.74 Å². The number of carbonyl (C=O) groups is 1. The first kappa shape index (κ1) is 18.4. The second kappa shape index (κ2) is 8.31. The topological polar surface area (TPSA) is 54.5 Å². The molecule has 3 aromatic rings. The highest BCUT2D eigenvalue weighted by molar-refractivity contribution is 6.07. The number of benzene rings is 2. The van der Waals surface area contributed by atoms with Gasteiger partial charge in [-0.05, 0) is 42.0 Å². The van der Waals surface area contributed by atoms with Crippen LogP contribution in [0.2, 0.25) is 0 Å². The van der Waals surface area contributed by atoms with Crippen molar-refractivity contribution in [1.29, 1.82) is 0 Å². The largest absolute Gasteiger partial charge is 0.489 e. The minimum Gasteiger partial charge on any atom is -0.489 e. The Bertz CT molecular complexity index is 944. The van der Waals surface area contributed by atoms with Gasteiger partial charge in [0.25, 0.3) is 5.91 Å². The lowest BCUT2D eigenvalue weighted by Gasteiger charge is -2.15. The molecule has 0 unspecified atom stereocenters. The van der Waals surface area contributed by atoms with Crippen molar-refractivity contribution in [2.75, 3.05) is 24.3 Å². The van der Waals surface area contributed by atoms with Crippen molar-refractivity contribution in [2.45, 2.75) is 6.61 Å². The summed E-state index contributed by atoms with van der Waals surface area (Å²) in [6, 6.07) is 16.8. The number of aromatic nitrogens is 1. The van der Waals surface area contributed by atoms with Crippen molar-refractivity contribution >= 4 is 17.4 Å². The lowest BCUT2D eigenvalue weighted by molar-refractivity contribution is 0.102. The summed E-state index contributed by atoms with van der Waals surface area (Å²) in [4.78, 5) is 18.6. The summed E-state index contributed by atoms with van der Waals surface area (Å²) >= 11 is 0. The molecule has 3 rings (SSSR count). The Morgan fingerprint density at radius 3 is 2.70 bits per heavy atom. The standard InChI is InChI=1S/C21H20FN3O2/c1-25(2)20-19(10-5-11-23-20)21(26)24-17-8-3-6-15(12-17)14-27-18-9-4-7-16(22)13-18/h3-13H,14H2,1-2H3,(H,24,26). The molecular weight excluding hydrogens is 345 g/mol. The second-order valence-electron chi connectivity index (χ2n) is 6.17. The SMILES string of the molecule is CN(C)c1ncccc1C(=O)Nc1cccc(COc2cccc(F)c2)c1. The lowest BCUT2D eigenvalue weighted by Crippen LogP contribution is -2.19. The van der Waals surface area contributed by atoms with Gasteiger partial charge in [0.2, 0.25) is 0 Å². The van der Waals surface area contributed by atoms with Crippen LogP contribution in [0.1, 0.15) is 15.9 Å². The van der Waals surface area contributed by atoms with Gasteiger partial charge in [0.15, 0.2) is 0 Å². The quantitative estimate of drug-likeness (QED) is 0.714. The monoisotopic (exact) mass is 365 g/mol. The number of amides is 1. The summed E-state index contributed by atoms with van der Waals surface area (Å²) in [5.74, 6) is 0.465. The molecule has 0 bridgehead atoms. The Morgan fingerprint density at radius 1 is 1.11 bits per heavy atom. The summed E-state index contributed by atoms with van der Waals surface area (Å²) in [5.41, 5.74) is 1.99. The van der Waals surface area contributed by atoms with E-state index in [1.807, 2.05) is 32.3 Å². The fourth-order valence-corrected chi connectivity index (χ4v) is 2.59. The zero-order valence-corrected chi connectivity index (χ0v) is 15.1. The smallest absolute Gasteiger partial charge is 0.259 e. The number of halogens is 1. The first-order chi connectivity index (χ1) is 13.0. The maximum absolute atomic E-state index is 13.2. The molecule has 0 spiro atoms. The van der Waals surface area contributed by atoms with Crippen LogP contribution >= 0.6 is 0 Å². The number of nitrogens with zero attached hydrogens (tertiary/aromatic N) is 2. The molecule has 5 nitrogen and oxygen atoms in total. The number of hydrogen-bond acceptors (Lipinski definition) is 4. The van der Waals surface area contributed by atoms with Crippen LogP contribution in [0.15, 0.2) is 66.9 Å². The molecule has 2 aromatic carbocycles. The highest BCUT2D eigenvalue weighted by atomic mass is 19.1. The van der Waals surface area contributed by atoms with Gasteiger partial charge in [-0.3, -0.25) is 4.79 Å². The van der Waals surface area contributed by atoms with Crippen LogP contribution in [0, 0.1) is 5.82 Å². The van der Waals surface area contributed by atoms with Crippen LogP contribution < -0.4 is 15.0 Å². The molecule has 0 aliphatic rings. The molecule has 1 amide bonds. The second-order valence-corrected chi connectivity index (χ2v) is 6.17. The Hall–Kier alpha value is -3.41. The van der Waals surface area contributed by atoms with Gasteiger partial charge in [-0.2, -0.15) is 0 Å². The van der Waals surface area contributed by atoms with E-state index in [0.29, 0.717) is 22.8 Å². The van der Waals surface area contributed by atoms with Crippen LogP contribution in [0.5, 0.6) is 5.75 Å². The van der Waals surface area contributed by atoms with E-state index in [0.717, 1.165) is 5.56 Å². The van der Waals surface area contributed by atoms with Crippen molar-refractivity contribution in [3.63, 3.8) is 0 Å². The van der Waals surface area contributed by atoms with Crippen LogP contribution in [-0.2, 0) is 6.61 Å². The van der Waals surface area contributed by atoms with Crippen molar-refractivity contribution in [3.8, 4) is 5.75 Å². The number of anilines is 2. The van der Waals surface area contributed by atoms with E-state index in [9.17, 15) is 9.18 Å². The highest BCUT2D eigenvalue weighted by Crippen LogP contribution is 2.19. The van der Waals surface area contributed by atoms with E-state index >= 15 is 0 Å². The molecule has 0 aliphatic heterocycles. The fourth-order valence-electron chi connectivity index (χ4n) is 2.59. The van der Waals surface area contributed by atoms with Crippen molar-refractivity contribution in [2.24, 2.45) is 0 Å². The van der Waals surface area contributed by atoms with Crippen molar-refractivity contribution in [3.05, 3.63) is 83.8 Å². The van der Waals surface area contributed by atoms with Gasteiger partial charge >= 0.3 is 0 Å². The Kier molecular flexibility index (Phi) is 5.66. The van der Waals surface area contributed by atoms with E-state index in [1.54, 1.807) is 41.4 Å². The minimum atomic E-state index is -0.346. The van der Waals surface area contributed by atoms with Gasteiger partial charge < -0.3 is 15.0 Å². The highest BCUT2D eigenvalue weighted by Gasteiger charge is 2.14. The third-order valence-corrected chi connectivity index (χ3v) is 3.84. The number of hydrogen-bond donors (Lipinski definition) is 1.